The molecule has 1 aliphatic heterocycles. The van der Waals surface area contributed by atoms with E-state index < -0.39 is 6.10 Å². The third-order valence-corrected chi connectivity index (χ3v) is 7.40. The zero-order chi connectivity index (χ0) is 23.7. The first-order valence-corrected chi connectivity index (χ1v) is 12.3. The van der Waals surface area contributed by atoms with Crippen molar-refractivity contribution in [2.75, 3.05) is 6.54 Å². The van der Waals surface area contributed by atoms with Crippen LogP contribution in [0.1, 0.15) is 56.2 Å². The van der Waals surface area contributed by atoms with Crippen LogP contribution in [0, 0.1) is 11.7 Å². The number of β-amino-alcohol motifs (C(OH)–C–C–N with tert-alkyl or cyclic N) is 1. The molecule has 3 aromatic rings. The van der Waals surface area contributed by atoms with Gasteiger partial charge >= 0.3 is 0 Å². The number of aliphatic hydroxyl groups excluding tert-OH is 1. The largest absolute Gasteiger partial charge is 0.389 e. The topological polar surface area (TPSA) is 71.2 Å². The molecule has 8 heteroatoms. The Bertz CT molecular complexity index is 1130. The van der Waals surface area contributed by atoms with Crippen LogP contribution in [0.3, 0.4) is 0 Å². The normalized spacial score (nSPS) is 23.7. The molecule has 0 radical (unpaired) electrons. The number of piperidine rings is 1. The van der Waals surface area contributed by atoms with Crippen LogP contribution in [-0.4, -0.2) is 43.6 Å². The number of halogens is 2. The summed E-state index contributed by atoms with van der Waals surface area (Å²) in [5.41, 5.74) is 2.35. The first-order chi connectivity index (χ1) is 16.5. The van der Waals surface area contributed by atoms with E-state index in [-0.39, 0.29) is 36.3 Å². The van der Waals surface area contributed by atoms with Gasteiger partial charge in [0, 0.05) is 23.0 Å². The maximum Gasteiger partial charge on any atom is 0.226 e. The van der Waals surface area contributed by atoms with E-state index >= 15 is 0 Å². The second-order valence-electron chi connectivity index (χ2n) is 9.35. The predicted molar refractivity (Wildman–Crippen MR) is 128 cm³/mol. The number of carbonyl (C=O) groups excluding carboxylic acids is 1. The van der Waals surface area contributed by atoms with E-state index in [0.29, 0.717) is 17.1 Å². The molecule has 2 aliphatic rings. The first kappa shape index (κ1) is 23.0. The molecule has 0 bridgehead atoms. The van der Waals surface area contributed by atoms with Crippen molar-refractivity contribution in [1.29, 1.82) is 0 Å². The number of hydrogen-bond acceptors (Lipinski definition) is 4. The van der Waals surface area contributed by atoms with Crippen LogP contribution in [0.2, 0.25) is 5.02 Å². The van der Waals surface area contributed by atoms with Crippen molar-refractivity contribution in [1.82, 2.24) is 19.9 Å². The Morgan fingerprint density at radius 2 is 1.74 bits per heavy atom. The summed E-state index contributed by atoms with van der Waals surface area (Å²) >= 11 is 6.12. The molecule has 1 aromatic heterocycles. The van der Waals surface area contributed by atoms with Crippen molar-refractivity contribution in [2.45, 2.75) is 56.7 Å². The molecule has 1 amide bonds. The molecule has 1 saturated heterocycles. The molecule has 3 atom stereocenters. The van der Waals surface area contributed by atoms with Crippen LogP contribution < -0.4 is 0 Å². The molecule has 0 unspecified atom stereocenters. The summed E-state index contributed by atoms with van der Waals surface area (Å²) in [5, 5.41) is 20.3. The molecule has 5 rings (SSSR count). The van der Waals surface area contributed by atoms with Gasteiger partial charge in [0.2, 0.25) is 5.91 Å². The summed E-state index contributed by atoms with van der Waals surface area (Å²) in [6.07, 6.45) is 6.65. The monoisotopic (exact) mass is 482 g/mol. The van der Waals surface area contributed by atoms with E-state index in [2.05, 4.69) is 10.3 Å². The van der Waals surface area contributed by atoms with Crippen molar-refractivity contribution in [3.8, 4) is 11.3 Å². The second-order valence-corrected chi connectivity index (χ2v) is 9.79. The van der Waals surface area contributed by atoms with Crippen molar-refractivity contribution >= 4 is 17.5 Å². The molecule has 2 fully saturated rings. The van der Waals surface area contributed by atoms with Crippen LogP contribution >= 0.6 is 11.6 Å². The highest BCUT2D eigenvalue weighted by atomic mass is 35.5. The number of rotatable bonds is 4. The minimum absolute atomic E-state index is 0.0174. The smallest absolute Gasteiger partial charge is 0.226 e. The molecule has 1 saturated carbocycles. The van der Waals surface area contributed by atoms with Gasteiger partial charge in [0.25, 0.3) is 0 Å². The number of hydrogen-bond donors (Lipinski definition) is 1. The van der Waals surface area contributed by atoms with Gasteiger partial charge < -0.3 is 10.0 Å². The van der Waals surface area contributed by atoms with Crippen LogP contribution in [0.25, 0.3) is 11.3 Å². The van der Waals surface area contributed by atoms with Crippen molar-refractivity contribution in [2.24, 2.45) is 5.92 Å². The number of carbonyl (C=O) groups is 1. The highest BCUT2D eigenvalue weighted by molar-refractivity contribution is 6.30. The molecule has 2 heterocycles. The summed E-state index contributed by atoms with van der Waals surface area (Å²) in [5.74, 6) is -0.168. The van der Waals surface area contributed by atoms with Crippen LogP contribution in [0.4, 0.5) is 4.39 Å². The highest BCUT2D eigenvalue weighted by Gasteiger charge is 2.41. The maximum atomic E-state index is 13.5. The Morgan fingerprint density at radius 1 is 1.03 bits per heavy atom. The van der Waals surface area contributed by atoms with E-state index in [4.69, 9.17) is 11.6 Å². The maximum absolute atomic E-state index is 13.5. The highest BCUT2D eigenvalue weighted by Crippen LogP contribution is 2.39. The summed E-state index contributed by atoms with van der Waals surface area (Å²) in [7, 11) is 0. The zero-order valence-corrected chi connectivity index (χ0v) is 19.6. The lowest BCUT2D eigenvalue weighted by molar-refractivity contribution is -0.145. The Hall–Kier alpha value is -2.77. The Kier molecular flexibility index (Phi) is 6.66. The van der Waals surface area contributed by atoms with Gasteiger partial charge in [-0.15, -0.1) is 5.10 Å². The minimum atomic E-state index is -0.779. The van der Waals surface area contributed by atoms with Gasteiger partial charge in [-0.2, -0.15) is 0 Å². The lowest BCUT2D eigenvalue weighted by Crippen LogP contribution is -2.51. The average Bonchev–Trinajstić information content (AvgIpc) is 3.35. The van der Waals surface area contributed by atoms with Crippen LogP contribution in [-0.2, 0) is 4.79 Å². The van der Waals surface area contributed by atoms with Gasteiger partial charge in [-0.25, -0.2) is 9.07 Å². The summed E-state index contributed by atoms with van der Waals surface area (Å²) < 4.78 is 15.0. The third kappa shape index (κ3) is 4.72. The average molecular weight is 483 g/mol. The second kappa shape index (κ2) is 9.84. The number of amides is 1. The fourth-order valence-corrected chi connectivity index (χ4v) is 5.39. The fraction of sp³-hybridized carbons (Fsp3) is 0.423. The van der Waals surface area contributed by atoms with Gasteiger partial charge in [0.1, 0.15) is 11.5 Å². The summed E-state index contributed by atoms with van der Waals surface area (Å²) in [6.45, 7) is 0.235. The van der Waals surface area contributed by atoms with Crippen molar-refractivity contribution in [3.05, 3.63) is 71.1 Å². The quantitative estimate of drug-likeness (QED) is 0.555. The Balaban J connectivity index is 1.43. The number of aromatic nitrogens is 3. The van der Waals surface area contributed by atoms with Crippen molar-refractivity contribution < 1.29 is 14.3 Å². The SMILES string of the molecule is O=C(C1CCCCC1)N1C[C@@H](O)[C@H](n2cc(-c3ccc(F)cc3)nn2)C[C@@H]1c1ccc(Cl)cc1. The Labute approximate surface area is 203 Å². The molecular weight excluding hydrogens is 455 g/mol. The number of benzene rings is 2. The molecular formula is C26H28ClFN4O2. The summed E-state index contributed by atoms with van der Waals surface area (Å²) in [4.78, 5) is 15.4. The van der Waals surface area contributed by atoms with E-state index in [1.54, 1.807) is 23.0 Å². The third-order valence-electron chi connectivity index (χ3n) is 7.15. The Morgan fingerprint density at radius 3 is 2.44 bits per heavy atom. The fourth-order valence-electron chi connectivity index (χ4n) is 5.27. The number of aliphatic hydroxyl groups is 1. The van der Waals surface area contributed by atoms with Crippen LogP contribution in [0.5, 0.6) is 0 Å². The van der Waals surface area contributed by atoms with Gasteiger partial charge in [-0.05, 0) is 61.2 Å². The molecule has 34 heavy (non-hydrogen) atoms. The lowest BCUT2D eigenvalue weighted by Gasteiger charge is -2.44. The zero-order valence-electron chi connectivity index (χ0n) is 18.9. The first-order valence-electron chi connectivity index (χ1n) is 11.9. The molecule has 1 aliphatic carbocycles. The van der Waals surface area contributed by atoms with Gasteiger partial charge in [-0.3, -0.25) is 4.79 Å². The van der Waals surface area contributed by atoms with Gasteiger partial charge in [0.15, 0.2) is 0 Å². The molecule has 0 spiro atoms. The standard InChI is InChI=1S/C26H28ClFN4O2/c27-20-10-6-18(7-11-20)23-14-24(25(33)16-31(23)26(34)19-4-2-1-3-5-19)32-15-22(29-30-32)17-8-12-21(28)13-9-17/h6-13,15,19,23-25,33H,1-5,14,16H2/t23-,24-,25-/m1/s1. The molecule has 1 N–H and O–H groups in total. The summed E-state index contributed by atoms with van der Waals surface area (Å²) in [6, 6.07) is 13.1. The molecule has 2 aromatic carbocycles. The van der Waals surface area contributed by atoms with E-state index in [1.807, 2.05) is 29.2 Å². The number of likely N-dealkylation sites (tertiary alicyclic amines) is 1. The van der Waals surface area contributed by atoms with E-state index in [1.165, 1.54) is 18.6 Å². The van der Waals surface area contributed by atoms with E-state index in [9.17, 15) is 14.3 Å². The van der Waals surface area contributed by atoms with Gasteiger partial charge in [-0.1, -0.05) is 48.2 Å². The van der Waals surface area contributed by atoms with Crippen LogP contribution in [0.15, 0.2) is 54.7 Å². The number of nitrogens with zero attached hydrogens (tertiary/aromatic N) is 4. The van der Waals surface area contributed by atoms with Gasteiger partial charge in [0.05, 0.1) is 24.4 Å². The molecule has 178 valence electrons. The predicted octanol–water partition coefficient (Wildman–Crippen LogP) is 5.19. The lowest BCUT2D eigenvalue weighted by atomic mass is 9.85. The van der Waals surface area contributed by atoms with Crippen molar-refractivity contribution in [3.63, 3.8) is 0 Å². The molecule has 6 nitrogen and oxygen atoms in total. The minimum Gasteiger partial charge on any atom is -0.389 e. The van der Waals surface area contributed by atoms with E-state index in [0.717, 1.165) is 36.8 Å².